The summed E-state index contributed by atoms with van der Waals surface area (Å²) in [6, 6.07) is 11.4. The highest BCUT2D eigenvalue weighted by Crippen LogP contribution is 2.47. The summed E-state index contributed by atoms with van der Waals surface area (Å²) in [6.07, 6.45) is 9.00. The zero-order valence-electron chi connectivity index (χ0n) is 24.4. The van der Waals surface area contributed by atoms with E-state index in [2.05, 4.69) is 21.8 Å². The second kappa shape index (κ2) is 11.5. The standard InChI is InChI=1S/C33H41ClN2O5S/c1-21(2)31-8-4-3-7-29(37)26-12-9-24(26)18-36-19-33(15-5-6-22-16-25(34)11-13-27(22)33)20-41-30-14-10-23(17-28(30)36)32(38)35-42(31,39)40/h3-4,10-11,13-14,16-17,21,24,26,29,31,37H,5-9,12,15,18-20H2,1-2H3,(H,35,38)/t24-,26+,29-,31-,33-/m0/s1. The molecule has 1 amide bonds. The van der Waals surface area contributed by atoms with E-state index in [4.69, 9.17) is 16.3 Å². The van der Waals surface area contributed by atoms with Crippen LogP contribution in [0.4, 0.5) is 5.69 Å². The van der Waals surface area contributed by atoms with Crippen molar-refractivity contribution in [3.63, 3.8) is 0 Å². The minimum atomic E-state index is -3.94. The summed E-state index contributed by atoms with van der Waals surface area (Å²) in [7, 11) is -3.94. The molecule has 2 N–H and O–H groups in total. The molecule has 0 radical (unpaired) electrons. The van der Waals surface area contributed by atoms with Gasteiger partial charge in [-0.3, -0.25) is 4.79 Å². The number of anilines is 1. The Hall–Kier alpha value is -2.55. The van der Waals surface area contributed by atoms with Crippen molar-refractivity contribution < 1.29 is 23.1 Å². The van der Waals surface area contributed by atoms with Gasteiger partial charge >= 0.3 is 0 Å². The molecule has 2 heterocycles. The maximum atomic E-state index is 13.4. The molecule has 2 aromatic rings. The van der Waals surface area contributed by atoms with Gasteiger partial charge in [-0.2, -0.15) is 0 Å². The molecule has 42 heavy (non-hydrogen) atoms. The van der Waals surface area contributed by atoms with E-state index >= 15 is 0 Å². The van der Waals surface area contributed by atoms with Gasteiger partial charge in [0.2, 0.25) is 10.0 Å². The monoisotopic (exact) mass is 612 g/mol. The zero-order chi connectivity index (χ0) is 29.6. The van der Waals surface area contributed by atoms with Crippen molar-refractivity contribution in [1.82, 2.24) is 4.72 Å². The van der Waals surface area contributed by atoms with E-state index in [1.54, 1.807) is 18.2 Å². The molecular formula is C33H41ClN2O5S. The molecule has 2 aliphatic heterocycles. The van der Waals surface area contributed by atoms with Gasteiger partial charge in [0.1, 0.15) is 5.75 Å². The maximum absolute atomic E-state index is 13.4. The molecule has 0 saturated heterocycles. The highest BCUT2D eigenvalue weighted by atomic mass is 35.5. The van der Waals surface area contributed by atoms with Crippen LogP contribution in [0.15, 0.2) is 48.6 Å². The molecule has 2 bridgehead atoms. The number of carbonyl (C=O) groups excluding carboxylic acids is 1. The van der Waals surface area contributed by atoms with Gasteiger partial charge < -0.3 is 14.7 Å². The normalized spacial score (nSPS) is 30.9. The third-order valence-electron chi connectivity index (χ3n) is 10.0. The summed E-state index contributed by atoms with van der Waals surface area (Å²) >= 11 is 6.39. The van der Waals surface area contributed by atoms with Gasteiger partial charge in [-0.1, -0.05) is 43.7 Å². The Labute approximate surface area is 254 Å². The number of aryl methyl sites for hydroxylation is 1. The van der Waals surface area contributed by atoms with Crippen LogP contribution in [0.1, 0.15) is 73.9 Å². The molecule has 2 aliphatic carbocycles. The SMILES string of the molecule is CC(C)[C@@H]1CC=CC[C@H](O)[C@@H]2CC[C@H]2CN2C[C@@]3(CCCc4cc(Cl)ccc43)COc3ccc(cc32)C(=O)NS1(=O)=O. The topological polar surface area (TPSA) is 95.9 Å². The zero-order valence-corrected chi connectivity index (χ0v) is 26.0. The first-order valence-electron chi connectivity index (χ1n) is 15.3. The Morgan fingerprint density at radius 3 is 2.69 bits per heavy atom. The fourth-order valence-corrected chi connectivity index (χ4v) is 9.33. The summed E-state index contributed by atoms with van der Waals surface area (Å²) in [6.45, 7) is 5.62. The number of nitrogens with one attached hydrogen (secondary N) is 1. The number of nitrogens with zero attached hydrogens (tertiary/aromatic N) is 1. The third-order valence-corrected chi connectivity index (χ3v) is 12.3. The summed E-state index contributed by atoms with van der Waals surface area (Å²) in [4.78, 5) is 15.7. The first-order valence-corrected chi connectivity index (χ1v) is 17.2. The maximum Gasteiger partial charge on any atom is 0.264 e. The number of sulfonamides is 1. The summed E-state index contributed by atoms with van der Waals surface area (Å²) < 4.78 is 35.6. The van der Waals surface area contributed by atoms with Crippen LogP contribution in [0.2, 0.25) is 5.02 Å². The van der Waals surface area contributed by atoms with E-state index in [-0.39, 0.29) is 29.2 Å². The quantitative estimate of drug-likeness (QED) is 0.405. The summed E-state index contributed by atoms with van der Waals surface area (Å²) in [5.41, 5.74) is 3.34. The average molecular weight is 613 g/mol. The van der Waals surface area contributed by atoms with Gasteiger partial charge in [0, 0.05) is 29.1 Å². The number of amides is 1. The lowest BCUT2D eigenvalue weighted by Gasteiger charge is -2.45. The number of fused-ring (bicyclic) bond motifs is 4. The number of hydrogen-bond donors (Lipinski definition) is 2. The van der Waals surface area contributed by atoms with Crippen LogP contribution < -0.4 is 14.4 Å². The van der Waals surface area contributed by atoms with E-state index < -0.39 is 27.3 Å². The van der Waals surface area contributed by atoms with Crippen LogP contribution in [0, 0.1) is 17.8 Å². The molecule has 4 aliphatic rings. The van der Waals surface area contributed by atoms with Crippen LogP contribution in [0.5, 0.6) is 5.75 Å². The van der Waals surface area contributed by atoms with Crippen LogP contribution >= 0.6 is 11.6 Å². The van der Waals surface area contributed by atoms with Crippen LogP contribution in [-0.4, -0.2) is 50.5 Å². The third kappa shape index (κ3) is 5.58. The van der Waals surface area contributed by atoms with Crippen LogP contribution in [0.25, 0.3) is 0 Å². The average Bonchev–Trinajstić information content (AvgIpc) is 3.06. The first-order chi connectivity index (χ1) is 20.1. The lowest BCUT2D eigenvalue weighted by molar-refractivity contribution is 0.0177. The fraction of sp³-hybridized carbons (Fsp3) is 0.545. The minimum absolute atomic E-state index is 0.166. The van der Waals surface area contributed by atoms with Crippen molar-refractivity contribution in [3.05, 3.63) is 70.3 Å². The number of rotatable bonds is 1. The molecule has 0 aromatic heterocycles. The number of aliphatic hydroxyl groups is 1. The molecule has 1 spiro atoms. The van der Waals surface area contributed by atoms with Gasteiger partial charge in [0.05, 0.1) is 23.6 Å². The molecule has 226 valence electrons. The predicted molar refractivity (Wildman–Crippen MR) is 166 cm³/mol. The molecule has 0 unspecified atom stereocenters. The molecular weight excluding hydrogens is 572 g/mol. The second-order valence-electron chi connectivity index (χ2n) is 13.1. The van der Waals surface area contributed by atoms with Crippen molar-refractivity contribution in [2.45, 2.75) is 75.6 Å². The number of benzene rings is 2. The Kier molecular flexibility index (Phi) is 8.09. The van der Waals surface area contributed by atoms with E-state index in [1.165, 1.54) is 11.1 Å². The molecule has 2 aromatic carbocycles. The molecule has 9 heteroatoms. The van der Waals surface area contributed by atoms with Crippen molar-refractivity contribution in [2.24, 2.45) is 17.8 Å². The summed E-state index contributed by atoms with van der Waals surface area (Å²) in [5, 5.41) is 11.1. The molecule has 1 saturated carbocycles. The Bertz CT molecular complexity index is 1490. The van der Waals surface area contributed by atoms with Gasteiger partial charge in [-0.25, -0.2) is 13.1 Å². The van der Waals surface area contributed by atoms with Crippen LogP contribution in [0.3, 0.4) is 0 Å². The number of allylic oxidation sites excluding steroid dienone is 1. The van der Waals surface area contributed by atoms with Gasteiger partial charge in [0.15, 0.2) is 0 Å². The van der Waals surface area contributed by atoms with Gasteiger partial charge in [-0.05, 0) is 104 Å². The van der Waals surface area contributed by atoms with Crippen molar-refractivity contribution >= 4 is 33.2 Å². The van der Waals surface area contributed by atoms with E-state index in [0.717, 1.165) is 49.4 Å². The van der Waals surface area contributed by atoms with Crippen molar-refractivity contribution in [1.29, 1.82) is 0 Å². The van der Waals surface area contributed by atoms with Crippen molar-refractivity contribution in [2.75, 3.05) is 24.6 Å². The van der Waals surface area contributed by atoms with Gasteiger partial charge in [0.25, 0.3) is 5.91 Å². The van der Waals surface area contributed by atoms with E-state index in [0.29, 0.717) is 31.2 Å². The number of ether oxygens (including phenoxy) is 1. The number of carbonyl (C=O) groups is 1. The smallest absolute Gasteiger partial charge is 0.264 e. The molecule has 7 nitrogen and oxygen atoms in total. The largest absolute Gasteiger partial charge is 0.490 e. The lowest BCUT2D eigenvalue weighted by Crippen LogP contribution is -2.49. The first kappa shape index (κ1) is 29.5. The fourth-order valence-electron chi connectivity index (χ4n) is 7.53. The van der Waals surface area contributed by atoms with E-state index in [9.17, 15) is 18.3 Å². The number of hydrogen-bond acceptors (Lipinski definition) is 6. The Morgan fingerprint density at radius 2 is 1.93 bits per heavy atom. The van der Waals surface area contributed by atoms with Crippen LogP contribution in [-0.2, 0) is 21.9 Å². The molecule has 6 rings (SSSR count). The molecule has 1 fully saturated rings. The Balaban J connectivity index is 1.42. The van der Waals surface area contributed by atoms with E-state index in [1.807, 2.05) is 32.1 Å². The van der Waals surface area contributed by atoms with Crippen molar-refractivity contribution in [3.8, 4) is 5.75 Å². The number of halogens is 1. The second-order valence-corrected chi connectivity index (χ2v) is 15.4. The highest BCUT2D eigenvalue weighted by Gasteiger charge is 2.44. The predicted octanol–water partition coefficient (Wildman–Crippen LogP) is 5.63. The van der Waals surface area contributed by atoms with Gasteiger partial charge in [-0.15, -0.1) is 0 Å². The molecule has 5 atom stereocenters. The minimum Gasteiger partial charge on any atom is -0.490 e. The highest BCUT2D eigenvalue weighted by molar-refractivity contribution is 7.90. The lowest BCUT2D eigenvalue weighted by atomic mass is 9.68. The summed E-state index contributed by atoms with van der Waals surface area (Å²) in [5.74, 6) is 0.333. The Morgan fingerprint density at radius 1 is 1.12 bits per heavy atom. The number of aliphatic hydroxyl groups excluding tert-OH is 1.